The van der Waals surface area contributed by atoms with Crippen molar-refractivity contribution in [1.29, 1.82) is 0 Å². The normalized spacial score (nSPS) is 17.4. The average Bonchev–Trinajstić information content (AvgIpc) is 2.60. The fourth-order valence-corrected chi connectivity index (χ4v) is 3.78. The zero-order chi connectivity index (χ0) is 18.0. The number of likely N-dealkylation sites (tertiary alicyclic amines) is 1. The molecule has 0 aliphatic carbocycles. The van der Waals surface area contributed by atoms with Crippen LogP contribution in [-0.4, -0.2) is 29.1 Å². The summed E-state index contributed by atoms with van der Waals surface area (Å²) in [6.07, 6.45) is 1.28. The molecule has 6 heteroatoms. The van der Waals surface area contributed by atoms with Gasteiger partial charge in [-0.3, -0.25) is 9.69 Å². The Labute approximate surface area is 162 Å². The molecule has 25 heavy (non-hydrogen) atoms. The van der Waals surface area contributed by atoms with E-state index in [4.69, 9.17) is 34.8 Å². The summed E-state index contributed by atoms with van der Waals surface area (Å²) in [5.41, 5.74) is 2.13. The molecular formula is C19H18Cl3NO2. The first-order valence-corrected chi connectivity index (χ1v) is 9.26. The Balaban J connectivity index is 1.93. The van der Waals surface area contributed by atoms with Crippen LogP contribution in [0.15, 0.2) is 42.5 Å². The van der Waals surface area contributed by atoms with Crippen molar-refractivity contribution in [1.82, 2.24) is 4.90 Å². The van der Waals surface area contributed by atoms with Gasteiger partial charge in [-0.1, -0.05) is 53.0 Å². The third-order valence-corrected chi connectivity index (χ3v) is 5.68. The highest BCUT2D eigenvalue weighted by molar-refractivity contribution is 6.42. The van der Waals surface area contributed by atoms with E-state index in [0.29, 0.717) is 41.0 Å². The second-order valence-corrected chi connectivity index (χ2v) is 7.53. The van der Waals surface area contributed by atoms with Crippen LogP contribution in [0.2, 0.25) is 15.1 Å². The van der Waals surface area contributed by atoms with Gasteiger partial charge < -0.3 is 5.11 Å². The summed E-state index contributed by atoms with van der Waals surface area (Å²) < 4.78 is 0. The van der Waals surface area contributed by atoms with E-state index in [1.165, 1.54) is 0 Å². The summed E-state index contributed by atoms with van der Waals surface area (Å²) in [6, 6.07) is 13.4. The number of carboxylic acid groups (broad SMARTS) is 1. The van der Waals surface area contributed by atoms with Crippen molar-refractivity contribution in [3.05, 3.63) is 68.7 Å². The average molecular weight is 399 g/mol. The maximum absolute atomic E-state index is 11.2. The smallest absolute Gasteiger partial charge is 0.306 e. The number of carbonyl (C=O) groups is 1. The van der Waals surface area contributed by atoms with Gasteiger partial charge in [-0.15, -0.1) is 0 Å². The van der Waals surface area contributed by atoms with E-state index in [9.17, 15) is 9.90 Å². The minimum absolute atomic E-state index is 0.0122. The number of hydrogen-bond donors (Lipinski definition) is 1. The van der Waals surface area contributed by atoms with Gasteiger partial charge in [0.2, 0.25) is 0 Å². The first kappa shape index (κ1) is 18.5. The number of halogens is 3. The molecule has 0 saturated carbocycles. The molecule has 1 N–H and O–H groups in total. The van der Waals surface area contributed by atoms with Crippen LogP contribution < -0.4 is 0 Å². The van der Waals surface area contributed by atoms with Crippen LogP contribution in [-0.2, 0) is 4.79 Å². The van der Waals surface area contributed by atoms with Crippen LogP contribution in [0.1, 0.15) is 30.0 Å². The van der Waals surface area contributed by atoms with Gasteiger partial charge in [0.25, 0.3) is 0 Å². The molecule has 1 aliphatic heterocycles. The first-order chi connectivity index (χ1) is 12.0. The predicted molar refractivity (Wildman–Crippen MR) is 102 cm³/mol. The van der Waals surface area contributed by atoms with E-state index >= 15 is 0 Å². The highest BCUT2D eigenvalue weighted by Gasteiger charge is 2.30. The van der Waals surface area contributed by atoms with Crippen molar-refractivity contribution in [3.8, 4) is 0 Å². The van der Waals surface area contributed by atoms with Crippen molar-refractivity contribution < 1.29 is 9.90 Å². The lowest BCUT2D eigenvalue weighted by Crippen LogP contribution is -2.39. The Morgan fingerprint density at radius 2 is 1.56 bits per heavy atom. The molecule has 3 rings (SSSR count). The van der Waals surface area contributed by atoms with Gasteiger partial charge in [0.15, 0.2) is 0 Å². The number of carboxylic acids is 1. The second kappa shape index (κ2) is 7.96. The molecule has 132 valence electrons. The fourth-order valence-electron chi connectivity index (χ4n) is 3.35. The maximum Gasteiger partial charge on any atom is 0.306 e. The zero-order valence-corrected chi connectivity index (χ0v) is 15.7. The quantitative estimate of drug-likeness (QED) is 0.736. The molecule has 0 radical (unpaired) electrons. The predicted octanol–water partition coefficient (Wildman–Crippen LogP) is 5.53. The van der Waals surface area contributed by atoms with E-state index in [1.54, 1.807) is 6.07 Å². The van der Waals surface area contributed by atoms with E-state index in [1.807, 2.05) is 36.4 Å². The molecule has 0 aromatic heterocycles. The summed E-state index contributed by atoms with van der Waals surface area (Å²) in [7, 11) is 0. The minimum Gasteiger partial charge on any atom is -0.481 e. The van der Waals surface area contributed by atoms with Crippen molar-refractivity contribution >= 4 is 40.8 Å². The Morgan fingerprint density at radius 3 is 2.12 bits per heavy atom. The topological polar surface area (TPSA) is 40.5 Å². The molecule has 1 heterocycles. The van der Waals surface area contributed by atoms with Crippen LogP contribution in [0, 0.1) is 5.92 Å². The Hall–Kier alpha value is -1.26. The van der Waals surface area contributed by atoms with Crippen molar-refractivity contribution in [2.75, 3.05) is 13.1 Å². The fraction of sp³-hybridized carbons (Fsp3) is 0.316. The largest absolute Gasteiger partial charge is 0.481 e. The number of aliphatic carboxylic acids is 1. The molecule has 1 saturated heterocycles. The number of rotatable bonds is 4. The molecule has 0 spiro atoms. The first-order valence-electron chi connectivity index (χ1n) is 8.13. The lowest BCUT2D eigenvalue weighted by molar-refractivity contribution is -0.143. The third-order valence-electron chi connectivity index (χ3n) is 4.69. The Kier molecular flexibility index (Phi) is 5.90. The van der Waals surface area contributed by atoms with E-state index in [-0.39, 0.29) is 12.0 Å². The molecule has 2 aromatic rings. The van der Waals surface area contributed by atoms with Gasteiger partial charge in [-0.05, 0) is 61.3 Å². The number of nitrogens with zero attached hydrogens (tertiary/aromatic N) is 1. The number of hydrogen-bond acceptors (Lipinski definition) is 2. The van der Waals surface area contributed by atoms with Crippen LogP contribution in [0.5, 0.6) is 0 Å². The van der Waals surface area contributed by atoms with Gasteiger partial charge >= 0.3 is 5.97 Å². The molecule has 1 unspecified atom stereocenters. The molecule has 1 aliphatic rings. The number of piperidine rings is 1. The van der Waals surface area contributed by atoms with Gasteiger partial charge in [0.1, 0.15) is 0 Å². The summed E-state index contributed by atoms with van der Waals surface area (Å²) in [6.45, 7) is 1.43. The Morgan fingerprint density at radius 1 is 0.960 bits per heavy atom. The summed E-state index contributed by atoms with van der Waals surface area (Å²) >= 11 is 18.3. The minimum atomic E-state index is -0.711. The molecule has 3 nitrogen and oxygen atoms in total. The van der Waals surface area contributed by atoms with Gasteiger partial charge in [0.05, 0.1) is 22.0 Å². The standard InChI is InChI=1S/C19H18Cl3NO2/c20-15-4-1-12(2-5-15)18(14-3-6-16(21)17(22)11-14)23-9-7-13(8-10-23)19(24)25/h1-6,11,13,18H,7-10H2,(H,24,25). The summed E-state index contributed by atoms with van der Waals surface area (Å²) in [5, 5.41) is 10.9. The van der Waals surface area contributed by atoms with Crippen LogP contribution in [0.4, 0.5) is 0 Å². The zero-order valence-electron chi connectivity index (χ0n) is 13.5. The van der Waals surface area contributed by atoms with E-state index in [0.717, 1.165) is 11.1 Å². The molecule has 1 atom stereocenters. The van der Waals surface area contributed by atoms with Crippen molar-refractivity contribution in [2.45, 2.75) is 18.9 Å². The highest BCUT2D eigenvalue weighted by atomic mass is 35.5. The van der Waals surface area contributed by atoms with Crippen molar-refractivity contribution in [2.24, 2.45) is 5.92 Å². The highest BCUT2D eigenvalue weighted by Crippen LogP contribution is 2.35. The van der Waals surface area contributed by atoms with Gasteiger partial charge in [-0.25, -0.2) is 0 Å². The number of benzene rings is 2. The summed E-state index contributed by atoms with van der Waals surface area (Å²) in [4.78, 5) is 13.5. The Bertz CT molecular complexity index is 756. The van der Waals surface area contributed by atoms with Crippen LogP contribution in [0.3, 0.4) is 0 Å². The molecule has 1 fully saturated rings. The van der Waals surface area contributed by atoms with E-state index < -0.39 is 5.97 Å². The SMILES string of the molecule is O=C(O)C1CCN(C(c2ccc(Cl)cc2)c2ccc(Cl)c(Cl)c2)CC1. The lowest BCUT2D eigenvalue weighted by atomic mass is 9.91. The third kappa shape index (κ3) is 4.29. The summed E-state index contributed by atoms with van der Waals surface area (Å²) in [5.74, 6) is -0.979. The van der Waals surface area contributed by atoms with Gasteiger partial charge in [-0.2, -0.15) is 0 Å². The molecule has 0 bridgehead atoms. The lowest BCUT2D eigenvalue weighted by Gasteiger charge is -2.37. The van der Waals surface area contributed by atoms with Crippen LogP contribution >= 0.6 is 34.8 Å². The molecular weight excluding hydrogens is 381 g/mol. The maximum atomic E-state index is 11.2. The second-order valence-electron chi connectivity index (χ2n) is 6.28. The van der Waals surface area contributed by atoms with Crippen molar-refractivity contribution in [3.63, 3.8) is 0 Å². The monoisotopic (exact) mass is 397 g/mol. The van der Waals surface area contributed by atoms with Gasteiger partial charge in [0, 0.05) is 5.02 Å². The van der Waals surface area contributed by atoms with Crippen LogP contribution in [0.25, 0.3) is 0 Å². The van der Waals surface area contributed by atoms with E-state index in [2.05, 4.69) is 4.90 Å². The molecule has 2 aromatic carbocycles. The molecule has 0 amide bonds.